The van der Waals surface area contributed by atoms with Crippen LogP contribution in [0.15, 0.2) is 24.4 Å². The normalized spacial score (nSPS) is 21.3. The number of carbonyl (C=O) groups excluding carboxylic acids is 3. The topological polar surface area (TPSA) is 85.9 Å². The molecule has 3 aliphatic heterocycles. The van der Waals surface area contributed by atoms with Crippen LogP contribution in [0.4, 0.5) is 15.6 Å². The smallest absolute Gasteiger partial charge is 0.328 e. The van der Waals surface area contributed by atoms with E-state index in [1.165, 1.54) is 17.5 Å². The van der Waals surface area contributed by atoms with Crippen molar-refractivity contribution in [1.29, 1.82) is 0 Å². The number of likely N-dealkylation sites (tertiary alicyclic amines) is 2. The summed E-state index contributed by atoms with van der Waals surface area (Å²) >= 11 is 7.17. The largest absolute Gasteiger partial charge is 0.343 e. The van der Waals surface area contributed by atoms with Crippen LogP contribution >= 0.6 is 22.9 Å². The Bertz CT molecular complexity index is 1120. The molecule has 174 valence electrons. The van der Waals surface area contributed by atoms with Crippen LogP contribution in [0.2, 0.25) is 4.34 Å². The van der Waals surface area contributed by atoms with Crippen LogP contribution in [-0.2, 0) is 21.4 Å². The van der Waals surface area contributed by atoms with Crippen molar-refractivity contribution in [2.24, 2.45) is 0 Å². The Hall–Kier alpha value is -2.65. The van der Waals surface area contributed by atoms with Gasteiger partial charge in [-0.15, -0.1) is 0 Å². The SMILES string of the molecule is CC(=O)N1CCC2(C1)CN(C(=O)Nc1ncc(Cl)s1)c1ccc(CCC(=O)N3CCC3)cc12. The molecule has 10 heteroatoms. The third kappa shape index (κ3) is 4.19. The molecule has 5 rings (SSSR count). The zero-order chi connectivity index (χ0) is 23.2. The summed E-state index contributed by atoms with van der Waals surface area (Å²) in [6, 6.07) is 5.84. The second-order valence-corrected chi connectivity index (χ2v) is 10.7. The van der Waals surface area contributed by atoms with Gasteiger partial charge in [0.25, 0.3) is 0 Å². The van der Waals surface area contributed by atoms with Gasteiger partial charge in [-0.25, -0.2) is 9.78 Å². The van der Waals surface area contributed by atoms with Crippen LogP contribution in [-0.4, -0.2) is 65.4 Å². The standard InChI is InChI=1S/C23H26ClN5O3S/c1-15(30)28-10-7-23(13-28)14-29(22(32)26-21-25-12-19(24)33-21)18-5-3-16(11-17(18)23)4-6-20(31)27-8-2-9-27/h3,5,11-12H,2,4,6-10,13-14H2,1H3,(H,25,26,32). The number of halogens is 1. The average Bonchev–Trinajstić information content (AvgIpc) is 3.44. The maximum Gasteiger partial charge on any atom is 0.328 e. The number of carbonyl (C=O) groups is 3. The van der Waals surface area contributed by atoms with Crippen LogP contribution in [0, 0.1) is 0 Å². The molecular weight excluding hydrogens is 462 g/mol. The summed E-state index contributed by atoms with van der Waals surface area (Å²) in [7, 11) is 0. The Labute approximate surface area is 201 Å². The third-order valence-electron chi connectivity index (χ3n) is 6.96. The summed E-state index contributed by atoms with van der Waals surface area (Å²) in [5, 5.41) is 3.29. The number of anilines is 2. The van der Waals surface area contributed by atoms with Crippen LogP contribution in [0.1, 0.15) is 37.3 Å². The lowest BCUT2D eigenvalue weighted by atomic mass is 9.80. The minimum atomic E-state index is -0.309. The van der Waals surface area contributed by atoms with Gasteiger partial charge in [-0.2, -0.15) is 0 Å². The fourth-order valence-electron chi connectivity index (χ4n) is 4.99. The Kier molecular flexibility index (Phi) is 5.78. The number of benzene rings is 1. The van der Waals surface area contributed by atoms with Crippen molar-refractivity contribution in [2.75, 3.05) is 42.9 Å². The van der Waals surface area contributed by atoms with Crippen molar-refractivity contribution < 1.29 is 14.4 Å². The summed E-state index contributed by atoms with van der Waals surface area (Å²) in [5.74, 6) is 0.244. The van der Waals surface area contributed by atoms with E-state index in [-0.39, 0.29) is 23.3 Å². The summed E-state index contributed by atoms with van der Waals surface area (Å²) in [4.78, 5) is 47.2. The fourth-order valence-corrected chi connectivity index (χ4v) is 5.79. The van der Waals surface area contributed by atoms with Gasteiger partial charge in [-0.3, -0.25) is 19.8 Å². The predicted molar refractivity (Wildman–Crippen MR) is 128 cm³/mol. The first-order valence-corrected chi connectivity index (χ1v) is 12.4. The molecule has 4 amide bonds. The van der Waals surface area contributed by atoms with E-state index in [0.717, 1.165) is 42.7 Å². The molecule has 2 fully saturated rings. The first kappa shape index (κ1) is 22.2. The zero-order valence-corrected chi connectivity index (χ0v) is 20.0. The van der Waals surface area contributed by atoms with Gasteiger partial charge in [-0.1, -0.05) is 35.1 Å². The zero-order valence-electron chi connectivity index (χ0n) is 18.5. The molecule has 8 nitrogen and oxygen atoms in total. The second-order valence-electron chi connectivity index (χ2n) is 9.04. The van der Waals surface area contributed by atoms with Gasteiger partial charge < -0.3 is 9.80 Å². The lowest BCUT2D eigenvalue weighted by Crippen LogP contribution is -2.42. The highest BCUT2D eigenvalue weighted by molar-refractivity contribution is 7.19. The van der Waals surface area contributed by atoms with E-state index < -0.39 is 0 Å². The van der Waals surface area contributed by atoms with E-state index in [1.54, 1.807) is 11.8 Å². The molecule has 2 saturated heterocycles. The van der Waals surface area contributed by atoms with Crippen molar-refractivity contribution in [3.05, 3.63) is 39.9 Å². The van der Waals surface area contributed by atoms with Gasteiger partial charge in [-0.05, 0) is 36.5 Å². The number of hydrogen-bond acceptors (Lipinski definition) is 5. The van der Waals surface area contributed by atoms with Crippen LogP contribution in [0.3, 0.4) is 0 Å². The summed E-state index contributed by atoms with van der Waals surface area (Å²) < 4.78 is 0.508. The van der Waals surface area contributed by atoms with Crippen molar-refractivity contribution in [1.82, 2.24) is 14.8 Å². The molecule has 0 radical (unpaired) electrons. The Morgan fingerprint density at radius 1 is 1.18 bits per heavy atom. The number of aryl methyl sites for hydroxylation is 1. The van der Waals surface area contributed by atoms with E-state index in [4.69, 9.17) is 11.6 Å². The number of amides is 4. The molecule has 0 aliphatic carbocycles. The quantitative estimate of drug-likeness (QED) is 0.715. The molecule has 1 atom stereocenters. The number of nitrogens with one attached hydrogen (secondary N) is 1. The van der Waals surface area contributed by atoms with Gasteiger partial charge >= 0.3 is 6.03 Å². The molecule has 0 saturated carbocycles. The fraction of sp³-hybridized carbons (Fsp3) is 0.478. The number of fused-ring (bicyclic) bond motifs is 2. The first-order chi connectivity index (χ1) is 15.8. The lowest BCUT2D eigenvalue weighted by molar-refractivity contribution is -0.134. The average molecular weight is 488 g/mol. The third-order valence-corrected chi connectivity index (χ3v) is 7.99. The minimum absolute atomic E-state index is 0.0463. The number of hydrogen-bond donors (Lipinski definition) is 1. The maximum absolute atomic E-state index is 13.2. The molecule has 33 heavy (non-hydrogen) atoms. The summed E-state index contributed by atoms with van der Waals surface area (Å²) in [5.41, 5.74) is 2.69. The Balaban J connectivity index is 1.40. The van der Waals surface area contributed by atoms with Crippen molar-refractivity contribution in [2.45, 2.75) is 38.0 Å². The molecule has 1 unspecified atom stereocenters. The first-order valence-electron chi connectivity index (χ1n) is 11.2. The van der Waals surface area contributed by atoms with Crippen LogP contribution in [0.5, 0.6) is 0 Å². The molecule has 1 aromatic heterocycles. The Morgan fingerprint density at radius 3 is 2.64 bits per heavy atom. The highest BCUT2D eigenvalue weighted by Crippen LogP contribution is 2.47. The highest BCUT2D eigenvalue weighted by Gasteiger charge is 2.49. The molecule has 3 aliphatic rings. The monoisotopic (exact) mass is 487 g/mol. The van der Waals surface area contributed by atoms with Crippen LogP contribution in [0.25, 0.3) is 0 Å². The molecule has 1 spiro atoms. The van der Waals surface area contributed by atoms with E-state index >= 15 is 0 Å². The van der Waals surface area contributed by atoms with Gasteiger partial charge in [0, 0.05) is 57.2 Å². The highest BCUT2D eigenvalue weighted by atomic mass is 35.5. The number of thiazole rings is 1. The van der Waals surface area contributed by atoms with Crippen molar-refractivity contribution >= 4 is 51.6 Å². The maximum atomic E-state index is 13.2. The number of rotatable bonds is 4. The number of aromatic nitrogens is 1. The van der Waals surface area contributed by atoms with Gasteiger partial charge in [0.15, 0.2) is 5.13 Å². The molecule has 4 heterocycles. The van der Waals surface area contributed by atoms with E-state index in [0.29, 0.717) is 41.9 Å². The Morgan fingerprint density at radius 2 is 2.00 bits per heavy atom. The molecule has 0 bridgehead atoms. The molecule has 2 aromatic rings. The minimum Gasteiger partial charge on any atom is -0.343 e. The molecular formula is C23H26ClN5O3S. The predicted octanol–water partition coefficient (Wildman–Crippen LogP) is 3.50. The lowest BCUT2D eigenvalue weighted by Gasteiger charge is -2.31. The van der Waals surface area contributed by atoms with Gasteiger partial charge in [0.05, 0.1) is 6.20 Å². The van der Waals surface area contributed by atoms with Gasteiger partial charge in [0.2, 0.25) is 11.8 Å². The van der Waals surface area contributed by atoms with E-state index in [1.807, 2.05) is 21.9 Å². The number of nitrogens with zero attached hydrogens (tertiary/aromatic N) is 4. The van der Waals surface area contributed by atoms with Crippen molar-refractivity contribution in [3.63, 3.8) is 0 Å². The second kappa shape index (κ2) is 8.61. The molecule has 1 N–H and O–H groups in total. The molecule has 1 aromatic carbocycles. The van der Waals surface area contributed by atoms with E-state index in [9.17, 15) is 14.4 Å². The van der Waals surface area contributed by atoms with Crippen molar-refractivity contribution in [3.8, 4) is 0 Å². The number of urea groups is 1. The summed E-state index contributed by atoms with van der Waals surface area (Å²) in [6.07, 6.45) is 4.55. The van der Waals surface area contributed by atoms with Crippen LogP contribution < -0.4 is 10.2 Å². The van der Waals surface area contributed by atoms with Gasteiger partial charge in [0.1, 0.15) is 4.34 Å². The summed E-state index contributed by atoms with van der Waals surface area (Å²) in [6.45, 7) is 5.06. The van der Waals surface area contributed by atoms with E-state index in [2.05, 4.69) is 16.4 Å².